The highest BCUT2D eigenvalue weighted by molar-refractivity contribution is 5.89. The van der Waals surface area contributed by atoms with Gasteiger partial charge in [-0.05, 0) is 48.5 Å². The number of hydrogen-bond donors (Lipinski definition) is 3. The molecule has 0 aliphatic carbocycles. The first kappa shape index (κ1) is 15.4. The molecule has 6 nitrogen and oxygen atoms in total. The van der Waals surface area contributed by atoms with Crippen molar-refractivity contribution in [3.05, 3.63) is 48.5 Å². The van der Waals surface area contributed by atoms with Gasteiger partial charge in [-0.15, -0.1) is 0 Å². The Morgan fingerprint density at radius 3 is 1.59 bits per heavy atom. The maximum atomic E-state index is 11.1. The van der Waals surface area contributed by atoms with E-state index in [-0.39, 0.29) is 5.91 Å². The van der Waals surface area contributed by atoms with E-state index < -0.39 is 6.09 Å². The Morgan fingerprint density at radius 1 is 0.773 bits per heavy atom. The number of benzene rings is 2. The zero-order valence-corrected chi connectivity index (χ0v) is 12.3. The second-order valence-electron chi connectivity index (χ2n) is 4.58. The third kappa shape index (κ3) is 4.52. The average molecular weight is 299 g/mol. The van der Waals surface area contributed by atoms with Crippen LogP contribution < -0.4 is 16.0 Å². The molecule has 0 fully saturated rings. The number of ether oxygens (including phenoxy) is 1. The van der Waals surface area contributed by atoms with Crippen molar-refractivity contribution in [1.82, 2.24) is 0 Å². The molecule has 0 saturated carbocycles. The lowest BCUT2D eigenvalue weighted by atomic mass is 10.2. The third-order valence-corrected chi connectivity index (χ3v) is 2.81. The van der Waals surface area contributed by atoms with Gasteiger partial charge in [0.05, 0.1) is 7.11 Å². The molecule has 0 spiro atoms. The first-order valence-electron chi connectivity index (χ1n) is 6.66. The SMILES string of the molecule is COC(=O)Nc1ccc(Nc2ccc(NC(C)=O)cc2)cc1. The lowest BCUT2D eigenvalue weighted by Gasteiger charge is -2.09. The molecular weight excluding hydrogens is 282 g/mol. The highest BCUT2D eigenvalue weighted by Gasteiger charge is 2.01. The number of methoxy groups -OCH3 is 1. The molecule has 0 aliphatic rings. The van der Waals surface area contributed by atoms with E-state index in [1.807, 2.05) is 36.4 Å². The summed E-state index contributed by atoms with van der Waals surface area (Å²) in [6.45, 7) is 1.47. The smallest absolute Gasteiger partial charge is 0.411 e. The van der Waals surface area contributed by atoms with Crippen molar-refractivity contribution < 1.29 is 14.3 Å². The van der Waals surface area contributed by atoms with Gasteiger partial charge in [-0.3, -0.25) is 10.1 Å². The quantitative estimate of drug-likeness (QED) is 0.806. The van der Waals surface area contributed by atoms with Gasteiger partial charge in [0.25, 0.3) is 0 Å². The molecule has 22 heavy (non-hydrogen) atoms. The van der Waals surface area contributed by atoms with Crippen LogP contribution in [0.25, 0.3) is 0 Å². The molecule has 0 bridgehead atoms. The Morgan fingerprint density at radius 2 is 1.18 bits per heavy atom. The molecule has 2 aromatic carbocycles. The largest absolute Gasteiger partial charge is 0.453 e. The minimum Gasteiger partial charge on any atom is -0.453 e. The highest BCUT2D eigenvalue weighted by atomic mass is 16.5. The van der Waals surface area contributed by atoms with Gasteiger partial charge in [-0.2, -0.15) is 0 Å². The summed E-state index contributed by atoms with van der Waals surface area (Å²) in [6, 6.07) is 14.6. The lowest BCUT2D eigenvalue weighted by molar-refractivity contribution is -0.114. The third-order valence-electron chi connectivity index (χ3n) is 2.81. The first-order valence-corrected chi connectivity index (χ1v) is 6.66. The van der Waals surface area contributed by atoms with Gasteiger partial charge in [-0.25, -0.2) is 4.79 Å². The number of carbonyl (C=O) groups excluding carboxylic acids is 2. The standard InChI is InChI=1S/C16H17N3O3/c1-11(20)17-12-3-5-13(6-4-12)18-14-7-9-15(10-8-14)19-16(21)22-2/h3-10,18H,1-2H3,(H,17,20)(H,19,21). The summed E-state index contributed by atoms with van der Waals surface area (Å²) in [4.78, 5) is 22.0. The predicted molar refractivity (Wildman–Crippen MR) is 86.5 cm³/mol. The Hall–Kier alpha value is -3.02. The molecule has 2 amide bonds. The number of nitrogens with one attached hydrogen (secondary N) is 3. The molecule has 3 N–H and O–H groups in total. The van der Waals surface area contributed by atoms with E-state index in [1.54, 1.807) is 12.1 Å². The van der Waals surface area contributed by atoms with Crippen LogP contribution in [0.5, 0.6) is 0 Å². The molecular formula is C16H17N3O3. The average Bonchev–Trinajstić information content (AvgIpc) is 2.50. The van der Waals surface area contributed by atoms with E-state index in [0.29, 0.717) is 5.69 Å². The monoisotopic (exact) mass is 299 g/mol. The number of carbonyl (C=O) groups is 2. The van der Waals surface area contributed by atoms with Gasteiger partial charge in [0.15, 0.2) is 0 Å². The highest BCUT2D eigenvalue weighted by Crippen LogP contribution is 2.20. The Kier molecular flexibility index (Phi) is 4.98. The fourth-order valence-corrected chi connectivity index (χ4v) is 1.81. The molecule has 0 heterocycles. The number of hydrogen-bond acceptors (Lipinski definition) is 4. The Balaban J connectivity index is 1.98. The van der Waals surface area contributed by atoms with Crippen molar-refractivity contribution in [2.45, 2.75) is 6.92 Å². The van der Waals surface area contributed by atoms with Gasteiger partial charge in [0.1, 0.15) is 0 Å². The van der Waals surface area contributed by atoms with Gasteiger partial charge in [0, 0.05) is 29.7 Å². The lowest BCUT2D eigenvalue weighted by Crippen LogP contribution is -2.10. The van der Waals surface area contributed by atoms with Gasteiger partial charge >= 0.3 is 6.09 Å². The van der Waals surface area contributed by atoms with E-state index in [2.05, 4.69) is 20.7 Å². The molecule has 6 heteroatoms. The van der Waals surface area contributed by atoms with Crippen LogP contribution in [0.1, 0.15) is 6.92 Å². The van der Waals surface area contributed by atoms with E-state index in [1.165, 1.54) is 14.0 Å². The summed E-state index contributed by atoms with van der Waals surface area (Å²) < 4.78 is 4.52. The summed E-state index contributed by atoms with van der Waals surface area (Å²) in [6.07, 6.45) is -0.505. The second-order valence-corrected chi connectivity index (χ2v) is 4.58. The first-order chi connectivity index (χ1) is 10.6. The predicted octanol–water partition coefficient (Wildman–Crippen LogP) is 3.57. The molecule has 0 atom stereocenters. The molecule has 0 radical (unpaired) electrons. The number of anilines is 4. The van der Waals surface area contributed by atoms with Crippen LogP contribution in [0.2, 0.25) is 0 Å². The van der Waals surface area contributed by atoms with Crippen LogP contribution >= 0.6 is 0 Å². The Bertz CT molecular complexity index is 651. The maximum absolute atomic E-state index is 11.1. The van der Waals surface area contributed by atoms with Gasteiger partial charge in [-0.1, -0.05) is 0 Å². The fraction of sp³-hybridized carbons (Fsp3) is 0.125. The molecule has 2 rings (SSSR count). The summed E-state index contributed by atoms with van der Waals surface area (Å²) in [7, 11) is 1.32. The maximum Gasteiger partial charge on any atom is 0.411 e. The molecule has 0 saturated heterocycles. The minimum atomic E-state index is -0.505. The van der Waals surface area contributed by atoms with Crippen LogP contribution in [-0.4, -0.2) is 19.1 Å². The zero-order valence-electron chi connectivity index (χ0n) is 12.3. The van der Waals surface area contributed by atoms with Crippen LogP contribution in [0.3, 0.4) is 0 Å². The molecule has 0 unspecified atom stereocenters. The van der Waals surface area contributed by atoms with E-state index in [9.17, 15) is 9.59 Å². The van der Waals surface area contributed by atoms with Crippen LogP contribution in [-0.2, 0) is 9.53 Å². The molecule has 114 valence electrons. The number of rotatable bonds is 4. The van der Waals surface area contributed by atoms with Crippen molar-refractivity contribution in [1.29, 1.82) is 0 Å². The minimum absolute atomic E-state index is 0.102. The molecule has 2 aromatic rings. The van der Waals surface area contributed by atoms with Gasteiger partial charge in [0.2, 0.25) is 5.91 Å². The van der Waals surface area contributed by atoms with Crippen molar-refractivity contribution in [3.8, 4) is 0 Å². The van der Waals surface area contributed by atoms with Crippen molar-refractivity contribution in [2.24, 2.45) is 0 Å². The number of amides is 2. The second kappa shape index (κ2) is 7.12. The fourth-order valence-electron chi connectivity index (χ4n) is 1.81. The van der Waals surface area contributed by atoms with Crippen LogP contribution in [0, 0.1) is 0 Å². The van der Waals surface area contributed by atoms with Gasteiger partial charge < -0.3 is 15.4 Å². The zero-order chi connectivity index (χ0) is 15.9. The van der Waals surface area contributed by atoms with Crippen molar-refractivity contribution in [2.75, 3.05) is 23.1 Å². The van der Waals surface area contributed by atoms with Crippen LogP contribution in [0.4, 0.5) is 27.5 Å². The van der Waals surface area contributed by atoms with Crippen LogP contribution in [0.15, 0.2) is 48.5 Å². The summed E-state index contributed by atoms with van der Waals surface area (Å²) in [5.74, 6) is -0.102. The van der Waals surface area contributed by atoms with Crippen molar-refractivity contribution >= 4 is 34.7 Å². The summed E-state index contributed by atoms with van der Waals surface area (Å²) in [5.41, 5.74) is 3.17. The normalized spacial score (nSPS) is 9.73. The summed E-state index contributed by atoms with van der Waals surface area (Å²) >= 11 is 0. The molecule has 0 aromatic heterocycles. The Labute approximate surface area is 128 Å². The van der Waals surface area contributed by atoms with E-state index in [4.69, 9.17) is 0 Å². The van der Waals surface area contributed by atoms with E-state index in [0.717, 1.165) is 17.1 Å². The summed E-state index contributed by atoms with van der Waals surface area (Å²) in [5, 5.41) is 8.51. The van der Waals surface area contributed by atoms with E-state index >= 15 is 0 Å². The van der Waals surface area contributed by atoms with Crippen molar-refractivity contribution in [3.63, 3.8) is 0 Å². The topological polar surface area (TPSA) is 79.5 Å². The molecule has 0 aliphatic heterocycles.